The first-order valence-corrected chi connectivity index (χ1v) is 9.35. The van der Waals surface area contributed by atoms with E-state index in [-0.39, 0.29) is 17.5 Å². The van der Waals surface area contributed by atoms with Gasteiger partial charge in [-0.15, -0.1) is 0 Å². The van der Waals surface area contributed by atoms with Crippen LogP contribution in [0.15, 0.2) is 18.2 Å². The molecule has 1 aromatic heterocycles. The molecule has 0 bridgehead atoms. The number of primary amides is 1. The van der Waals surface area contributed by atoms with Gasteiger partial charge >= 0.3 is 12.2 Å². The molecule has 4 nitrogen and oxygen atoms in total. The van der Waals surface area contributed by atoms with Crippen molar-refractivity contribution in [2.75, 3.05) is 6.54 Å². The van der Waals surface area contributed by atoms with Crippen molar-refractivity contribution in [1.29, 1.82) is 0 Å². The molecule has 1 saturated heterocycles. The van der Waals surface area contributed by atoms with Crippen LogP contribution in [0.3, 0.4) is 0 Å². The van der Waals surface area contributed by atoms with Crippen molar-refractivity contribution in [3.63, 3.8) is 0 Å². The Morgan fingerprint density at radius 1 is 1.22 bits per heavy atom. The van der Waals surface area contributed by atoms with Crippen LogP contribution in [0.2, 0.25) is 0 Å². The Balaban J connectivity index is 1.94. The second-order valence-corrected chi connectivity index (χ2v) is 7.60. The van der Waals surface area contributed by atoms with Gasteiger partial charge < -0.3 is 10.6 Å². The summed E-state index contributed by atoms with van der Waals surface area (Å²) in [7, 11) is 0. The van der Waals surface area contributed by atoms with Crippen molar-refractivity contribution in [1.82, 2.24) is 9.88 Å². The van der Waals surface area contributed by atoms with Crippen LogP contribution in [0.1, 0.15) is 66.4 Å². The molecule has 0 radical (unpaired) electrons. The van der Waals surface area contributed by atoms with Gasteiger partial charge in [-0.2, -0.15) is 13.2 Å². The number of aryl methyl sites for hydroxylation is 1. The predicted octanol–water partition coefficient (Wildman–Crippen LogP) is 5.05. The smallest absolute Gasteiger partial charge is 0.351 e. The monoisotopic (exact) mass is 377 g/mol. The van der Waals surface area contributed by atoms with E-state index in [0.717, 1.165) is 43.0 Å². The van der Waals surface area contributed by atoms with E-state index in [1.807, 2.05) is 13.0 Å². The minimum absolute atomic E-state index is 0.0116. The molecule has 1 aromatic carbocycles. The Labute approximate surface area is 155 Å². The maximum atomic E-state index is 13.6. The fraction of sp³-hybridized carbons (Fsp3) is 0.500. The van der Waals surface area contributed by atoms with Gasteiger partial charge in [0.2, 0.25) is 0 Å². The van der Waals surface area contributed by atoms with Gasteiger partial charge in [0.25, 0.3) is 0 Å². The van der Waals surface area contributed by atoms with Gasteiger partial charge in [-0.3, -0.25) is 4.98 Å². The van der Waals surface area contributed by atoms with Crippen molar-refractivity contribution in [2.24, 2.45) is 5.73 Å². The molecular weight excluding hydrogens is 355 g/mol. The summed E-state index contributed by atoms with van der Waals surface area (Å²) in [6.07, 6.45) is -0.0931. The van der Waals surface area contributed by atoms with E-state index in [0.29, 0.717) is 23.9 Å². The molecule has 2 heterocycles. The lowest BCUT2D eigenvalue weighted by Gasteiger charge is -2.35. The number of rotatable bonds is 2. The van der Waals surface area contributed by atoms with Gasteiger partial charge in [0.05, 0.1) is 17.1 Å². The number of halogens is 3. The van der Waals surface area contributed by atoms with E-state index in [1.165, 1.54) is 6.07 Å². The number of fused-ring (bicyclic) bond motifs is 1. The lowest BCUT2D eigenvalue weighted by Crippen LogP contribution is -2.41. The number of pyridine rings is 1. The van der Waals surface area contributed by atoms with E-state index >= 15 is 0 Å². The molecule has 2 N–H and O–H groups in total. The number of hydrogen-bond donors (Lipinski definition) is 1. The SMILES string of the molecule is Cc1cc2c(C3CCCCN3C(N)=O)ccc(C(F)(F)F)c2nc1C1CC1. The number of nitrogens with zero attached hydrogens (tertiary/aromatic N) is 2. The molecule has 1 unspecified atom stereocenters. The quantitative estimate of drug-likeness (QED) is 0.797. The minimum Gasteiger partial charge on any atom is -0.351 e. The molecule has 27 heavy (non-hydrogen) atoms. The number of amides is 2. The van der Waals surface area contributed by atoms with Crippen molar-refractivity contribution in [3.05, 3.63) is 40.6 Å². The van der Waals surface area contributed by atoms with Crippen LogP contribution in [-0.4, -0.2) is 22.5 Å². The molecule has 1 aliphatic carbocycles. The molecule has 4 rings (SSSR count). The molecule has 2 amide bonds. The highest BCUT2D eigenvalue weighted by molar-refractivity contribution is 5.88. The number of aromatic nitrogens is 1. The summed E-state index contributed by atoms with van der Waals surface area (Å²) in [6.45, 7) is 2.42. The number of carbonyl (C=O) groups is 1. The van der Waals surface area contributed by atoms with E-state index in [1.54, 1.807) is 4.90 Å². The Kier molecular flexibility index (Phi) is 4.28. The highest BCUT2D eigenvalue weighted by atomic mass is 19.4. The lowest BCUT2D eigenvalue weighted by atomic mass is 9.90. The predicted molar refractivity (Wildman–Crippen MR) is 96.3 cm³/mol. The Morgan fingerprint density at radius 3 is 2.59 bits per heavy atom. The molecule has 1 saturated carbocycles. The van der Waals surface area contributed by atoms with Gasteiger partial charge in [0.15, 0.2) is 0 Å². The van der Waals surface area contributed by atoms with Crippen LogP contribution >= 0.6 is 0 Å². The van der Waals surface area contributed by atoms with Crippen LogP contribution in [0.4, 0.5) is 18.0 Å². The van der Waals surface area contributed by atoms with Crippen molar-refractivity contribution in [2.45, 2.75) is 57.2 Å². The van der Waals surface area contributed by atoms with Crippen LogP contribution in [0.5, 0.6) is 0 Å². The number of likely N-dealkylation sites (tertiary alicyclic amines) is 1. The van der Waals surface area contributed by atoms with Crippen molar-refractivity contribution < 1.29 is 18.0 Å². The number of urea groups is 1. The molecule has 0 spiro atoms. The van der Waals surface area contributed by atoms with Crippen LogP contribution in [0, 0.1) is 6.92 Å². The first-order valence-electron chi connectivity index (χ1n) is 9.35. The largest absolute Gasteiger partial charge is 0.418 e. The van der Waals surface area contributed by atoms with Crippen LogP contribution in [0.25, 0.3) is 10.9 Å². The van der Waals surface area contributed by atoms with Crippen molar-refractivity contribution in [3.8, 4) is 0 Å². The van der Waals surface area contributed by atoms with E-state index in [4.69, 9.17) is 5.73 Å². The highest BCUT2D eigenvalue weighted by Crippen LogP contribution is 2.44. The average molecular weight is 377 g/mol. The van der Waals surface area contributed by atoms with Gasteiger partial charge in [0.1, 0.15) is 0 Å². The number of alkyl halides is 3. The molecular formula is C20H22F3N3O. The van der Waals surface area contributed by atoms with E-state index in [9.17, 15) is 18.0 Å². The molecule has 144 valence electrons. The molecule has 2 aliphatic rings. The number of piperidine rings is 1. The Bertz CT molecular complexity index is 905. The fourth-order valence-corrected chi connectivity index (χ4v) is 4.20. The zero-order valence-corrected chi connectivity index (χ0v) is 15.1. The third-order valence-electron chi connectivity index (χ3n) is 5.66. The summed E-state index contributed by atoms with van der Waals surface area (Å²) >= 11 is 0. The Hall–Kier alpha value is -2.31. The van der Waals surface area contributed by atoms with E-state index in [2.05, 4.69) is 4.98 Å². The third-order valence-corrected chi connectivity index (χ3v) is 5.66. The topological polar surface area (TPSA) is 59.2 Å². The second-order valence-electron chi connectivity index (χ2n) is 7.60. The normalized spacial score (nSPS) is 20.9. The standard InChI is InChI=1S/C20H22F3N3O/c1-11-10-14-13(16-4-2-3-9-26(16)19(24)27)7-8-15(20(21,22)23)18(14)25-17(11)12-5-6-12/h7-8,10,12,16H,2-6,9H2,1H3,(H2,24,27). The first kappa shape index (κ1) is 18.1. The third kappa shape index (κ3) is 3.24. The molecule has 1 atom stereocenters. The Morgan fingerprint density at radius 2 is 1.96 bits per heavy atom. The number of carbonyl (C=O) groups excluding carboxylic acids is 1. The summed E-state index contributed by atoms with van der Waals surface area (Å²) < 4.78 is 40.9. The van der Waals surface area contributed by atoms with Crippen LogP contribution in [-0.2, 0) is 6.18 Å². The van der Waals surface area contributed by atoms with Crippen molar-refractivity contribution >= 4 is 16.9 Å². The summed E-state index contributed by atoms with van der Waals surface area (Å²) in [6, 6.07) is 3.56. The molecule has 2 fully saturated rings. The lowest BCUT2D eigenvalue weighted by molar-refractivity contribution is -0.136. The summed E-state index contributed by atoms with van der Waals surface area (Å²) in [5, 5.41) is 0.477. The number of nitrogens with two attached hydrogens (primary N) is 1. The first-order chi connectivity index (χ1) is 12.8. The number of hydrogen-bond acceptors (Lipinski definition) is 2. The maximum Gasteiger partial charge on any atom is 0.418 e. The average Bonchev–Trinajstić information content (AvgIpc) is 3.44. The highest BCUT2D eigenvalue weighted by Gasteiger charge is 2.37. The second kappa shape index (κ2) is 6.39. The molecule has 1 aliphatic heterocycles. The van der Waals surface area contributed by atoms with Gasteiger partial charge in [-0.05, 0) is 62.3 Å². The maximum absolute atomic E-state index is 13.6. The van der Waals surface area contributed by atoms with Gasteiger partial charge in [-0.25, -0.2) is 4.79 Å². The summed E-state index contributed by atoms with van der Waals surface area (Å²) in [5.41, 5.74) is 7.18. The number of benzene rings is 1. The fourth-order valence-electron chi connectivity index (χ4n) is 4.20. The van der Waals surface area contributed by atoms with Crippen LogP contribution < -0.4 is 5.73 Å². The molecule has 7 heteroatoms. The van der Waals surface area contributed by atoms with E-state index < -0.39 is 17.8 Å². The summed E-state index contributed by atoms with van der Waals surface area (Å²) in [5.74, 6) is 0.260. The zero-order chi connectivity index (χ0) is 19.3. The molecule has 2 aromatic rings. The summed E-state index contributed by atoms with van der Waals surface area (Å²) in [4.78, 5) is 17.9. The minimum atomic E-state index is -4.48. The zero-order valence-electron chi connectivity index (χ0n) is 15.1. The van der Waals surface area contributed by atoms with Gasteiger partial charge in [0, 0.05) is 23.5 Å². The van der Waals surface area contributed by atoms with Gasteiger partial charge in [-0.1, -0.05) is 6.07 Å².